The van der Waals surface area contributed by atoms with Gasteiger partial charge in [0.1, 0.15) is 0 Å². The normalized spacial score (nSPS) is 14.9. The van der Waals surface area contributed by atoms with Gasteiger partial charge in [0.05, 0.1) is 5.57 Å². The maximum Gasteiger partial charge on any atom is 0.303 e. The molecule has 3 rings (SSSR count). The minimum atomic E-state index is -0.830. The first-order valence-corrected chi connectivity index (χ1v) is 7.48. The molecule has 0 bridgehead atoms. The number of benzene rings is 1. The number of carbonyl (C=O) groups excluding carboxylic acids is 1. The molecule has 0 aliphatic carbocycles. The number of aryl methyl sites for hydroxylation is 2. The van der Waals surface area contributed by atoms with Gasteiger partial charge in [-0.1, -0.05) is 11.6 Å². The summed E-state index contributed by atoms with van der Waals surface area (Å²) in [5, 5.41) is 11.7. The molecule has 1 aliphatic rings. The highest BCUT2D eigenvalue weighted by Gasteiger charge is 2.24. The van der Waals surface area contributed by atoms with Gasteiger partial charge in [0.25, 0.3) is 5.91 Å². The second-order valence-electron chi connectivity index (χ2n) is 5.82. The van der Waals surface area contributed by atoms with E-state index >= 15 is 0 Å². The van der Waals surface area contributed by atoms with Crippen LogP contribution in [0.3, 0.4) is 0 Å². The summed E-state index contributed by atoms with van der Waals surface area (Å²) < 4.78 is 0. The number of nitrogens with one attached hydrogen (secondary N) is 2. The minimum Gasteiger partial charge on any atom is -0.481 e. The second kappa shape index (κ2) is 5.76. The van der Waals surface area contributed by atoms with Crippen LogP contribution < -0.4 is 5.32 Å². The summed E-state index contributed by atoms with van der Waals surface area (Å²) in [6, 6.07) is 5.83. The molecule has 0 saturated carbocycles. The third-order valence-corrected chi connectivity index (χ3v) is 4.08. The van der Waals surface area contributed by atoms with Crippen LogP contribution in [0.25, 0.3) is 11.6 Å². The quantitative estimate of drug-likeness (QED) is 0.759. The minimum absolute atomic E-state index is 0.0662. The number of H-pyrrole nitrogens is 1. The van der Waals surface area contributed by atoms with Crippen molar-refractivity contribution in [2.45, 2.75) is 26.7 Å². The standard InChI is InChI=1S/C18H18N2O3/c1-10-3-5-15-13(7-10)14(18(23)20-15)8-16-12(4-6-17(21)22)11(2)9-19-16/h3,5,7-9,19H,4,6H2,1-2H3,(H,20,23)(H,21,22)/b14-8-. The number of carboxylic acids is 1. The van der Waals surface area contributed by atoms with Crippen LogP contribution in [0.1, 0.15) is 34.4 Å². The van der Waals surface area contributed by atoms with E-state index in [1.807, 2.05) is 44.3 Å². The summed E-state index contributed by atoms with van der Waals surface area (Å²) >= 11 is 0. The largest absolute Gasteiger partial charge is 0.481 e. The molecule has 2 aromatic rings. The fourth-order valence-corrected chi connectivity index (χ4v) is 2.85. The molecule has 1 aliphatic heterocycles. The molecule has 0 spiro atoms. The average Bonchev–Trinajstić information content (AvgIpc) is 2.99. The van der Waals surface area contributed by atoms with Crippen molar-refractivity contribution in [2.75, 3.05) is 5.32 Å². The van der Waals surface area contributed by atoms with Gasteiger partial charge in [-0.3, -0.25) is 9.59 Å². The lowest BCUT2D eigenvalue weighted by atomic mass is 10.0. The van der Waals surface area contributed by atoms with Crippen molar-refractivity contribution in [1.29, 1.82) is 0 Å². The number of amides is 1. The highest BCUT2D eigenvalue weighted by Crippen LogP contribution is 2.34. The highest BCUT2D eigenvalue weighted by molar-refractivity contribution is 6.34. The number of hydrogen-bond acceptors (Lipinski definition) is 2. The molecular formula is C18H18N2O3. The molecule has 0 saturated heterocycles. The SMILES string of the molecule is Cc1ccc2c(c1)/C(=C/c1[nH]cc(C)c1CCC(=O)O)C(=O)N2. The Kier molecular flexibility index (Phi) is 3.78. The number of anilines is 1. The van der Waals surface area contributed by atoms with Gasteiger partial charge >= 0.3 is 5.97 Å². The highest BCUT2D eigenvalue weighted by atomic mass is 16.4. The molecule has 1 aromatic carbocycles. The van der Waals surface area contributed by atoms with Crippen LogP contribution in [0.5, 0.6) is 0 Å². The summed E-state index contributed by atoms with van der Waals surface area (Å²) in [6.45, 7) is 3.92. The number of rotatable bonds is 4. The van der Waals surface area contributed by atoms with Crippen molar-refractivity contribution >= 4 is 29.2 Å². The van der Waals surface area contributed by atoms with E-state index in [0.29, 0.717) is 12.0 Å². The number of hydrogen-bond donors (Lipinski definition) is 3. The Morgan fingerprint density at radius 3 is 2.83 bits per heavy atom. The molecule has 0 fully saturated rings. The van der Waals surface area contributed by atoms with E-state index in [-0.39, 0.29) is 12.3 Å². The zero-order chi connectivity index (χ0) is 16.6. The van der Waals surface area contributed by atoms with Crippen LogP contribution in [0.2, 0.25) is 0 Å². The van der Waals surface area contributed by atoms with Gasteiger partial charge in [-0.2, -0.15) is 0 Å². The second-order valence-corrected chi connectivity index (χ2v) is 5.82. The molecule has 118 valence electrons. The number of carboxylic acid groups (broad SMARTS) is 1. The Morgan fingerprint density at radius 1 is 1.30 bits per heavy atom. The third kappa shape index (κ3) is 2.90. The van der Waals surface area contributed by atoms with Gasteiger partial charge in [-0.15, -0.1) is 0 Å². The fourth-order valence-electron chi connectivity index (χ4n) is 2.85. The van der Waals surface area contributed by atoms with Gasteiger partial charge in [0, 0.05) is 29.6 Å². The lowest BCUT2D eigenvalue weighted by Gasteiger charge is -2.03. The topological polar surface area (TPSA) is 82.2 Å². The monoisotopic (exact) mass is 310 g/mol. The Balaban J connectivity index is 2.01. The smallest absolute Gasteiger partial charge is 0.303 e. The predicted octanol–water partition coefficient (Wildman–Crippen LogP) is 3.14. The molecule has 0 unspecified atom stereocenters. The molecule has 0 radical (unpaired) electrons. The van der Waals surface area contributed by atoms with E-state index in [2.05, 4.69) is 10.3 Å². The Hall–Kier alpha value is -2.82. The molecule has 5 heteroatoms. The predicted molar refractivity (Wildman–Crippen MR) is 89.2 cm³/mol. The Labute approximate surface area is 134 Å². The van der Waals surface area contributed by atoms with E-state index in [0.717, 1.165) is 33.6 Å². The average molecular weight is 310 g/mol. The van der Waals surface area contributed by atoms with Crippen LogP contribution in [-0.4, -0.2) is 22.0 Å². The number of aromatic nitrogens is 1. The zero-order valence-electron chi connectivity index (χ0n) is 13.1. The first-order valence-electron chi connectivity index (χ1n) is 7.48. The van der Waals surface area contributed by atoms with E-state index in [1.165, 1.54) is 0 Å². The van der Waals surface area contributed by atoms with Crippen LogP contribution in [-0.2, 0) is 16.0 Å². The number of fused-ring (bicyclic) bond motifs is 1. The van der Waals surface area contributed by atoms with E-state index in [9.17, 15) is 9.59 Å². The Bertz CT molecular complexity index is 831. The van der Waals surface area contributed by atoms with Crippen molar-refractivity contribution in [3.8, 4) is 0 Å². The number of aliphatic carboxylic acids is 1. The van der Waals surface area contributed by atoms with Crippen molar-refractivity contribution < 1.29 is 14.7 Å². The van der Waals surface area contributed by atoms with Crippen molar-refractivity contribution in [2.24, 2.45) is 0 Å². The van der Waals surface area contributed by atoms with Gasteiger partial charge in [-0.25, -0.2) is 0 Å². The molecule has 1 aromatic heterocycles. The molecule has 2 heterocycles. The van der Waals surface area contributed by atoms with Crippen molar-refractivity contribution in [1.82, 2.24) is 4.98 Å². The number of aromatic amines is 1. The van der Waals surface area contributed by atoms with E-state index in [1.54, 1.807) is 0 Å². The first-order chi connectivity index (χ1) is 11.0. The van der Waals surface area contributed by atoms with Gasteiger partial charge in [-0.05, 0) is 49.6 Å². The summed E-state index contributed by atoms with van der Waals surface area (Å²) in [7, 11) is 0. The summed E-state index contributed by atoms with van der Waals surface area (Å²) in [5.74, 6) is -0.967. The van der Waals surface area contributed by atoms with Gasteiger partial charge < -0.3 is 15.4 Å². The van der Waals surface area contributed by atoms with Crippen LogP contribution >= 0.6 is 0 Å². The zero-order valence-corrected chi connectivity index (χ0v) is 13.1. The summed E-state index contributed by atoms with van der Waals surface area (Å²) in [6.07, 6.45) is 4.15. The Morgan fingerprint density at radius 2 is 2.09 bits per heavy atom. The van der Waals surface area contributed by atoms with Crippen LogP contribution in [0, 0.1) is 13.8 Å². The van der Waals surface area contributed by atoms with Crippen LogP contribution in [0.15, 0.2) is 24.4 Å². The van der Waals surface area contributed by atoms with Crippen molar-refractivity contribution in [3.63, 3.8) is 0 Å². The molecule has 1 amide bonds. The summed E-state index contributed by atoms with van der Waals surface area (Å²) in [5.41, 5.74) is 6.11. The first kappa shape index (κ1) is 15.1. The summed E-state index contributed by atoms with van der Waals surface area (Å²) in [4.78, 5) is 26.2. The van der Waals surface area contributed by atoms with E-state index < -0.39 is 5.97 Å². The molecule has 3 N–H and O–H groups in total. The lowest BCUT2D eigenvalue weighted by Crippen LogP contribution is -2.04. The van der Waals surface area contributed by atoms with Crippen LogP contribution in [0.4, 0.5) is 5.69 Å². The van der Waals surface area contributed by atoms with Gasteiger partial charge in [0.2, 0.25) is 0 Å². The maximum atomic E-state index is 12.2. The molecular weight excluding hydrogens is 292 g/mol. The molecule has 5 nitrogen and oxygen atoms in total. The maximum absolute atomic E-state index is 12.2. The van der Waals surface area contributed by atoms with Gasteiger partial charge in [0.15, 0.2) is 0 Å². The fraction of sp³-hybridized carbons (Fsp3) is 0.222. The lowest BCUT2D eigenvalue weighted by molar-refractivity contribution is -0.137. The third-order valence-electron chi connectivity index (χ3n) is 4.08. The van der Waals surface area contributed by atoms with Crippen molar-refractivity contribution in [3.05, 3.63) is 52.3 Å². The van der Waals surface area contributed by atoms with E-state index in [4.69, 9.17) is 5.11 Å². The molecule has 0 atom stereocenters. The number of carbonyl (C=O) groups is 2. The molecule has 23 heavy (non-hydrogen) atoms.